The number of carboxylic acids is 1. The molecule has 0 aromatic heterocycles. The van der Waals surface area contributed by atoms with Crippen LogP contribution in [0.4, 0.5) is 0 Å². The Hall–Kier alpha value is -3.22. The van der Waals surface area contributed by atoms with E-state index in [4.69, 9.17) is 9.57 Å². The summed E-state index contributed by atoms with van der Waals surface area (Å²) >= 11 is 0. The summed E-state index contributed by atoms with van der Waals surface area (Å²) in [7, 11) is 0. The number of hydroxylamine groups is 1. The van der Waals surface area contributed by atoms with Gasteiger partial charge in [0.25, 0.3) is 0 Å². The molecule has 0 aliphatic rings. The van der Waals surface area contributed by atoms with Crippen molar-refractivity contribution in [1.82, 2.24) is 5.48 Å². The van der Waals surface area contributed by atoms with Crippen molar-refractivity contribution in [1.29, 1.82) is 0 Å². The summed E-state index contributed by atoms with van der Waals surface area (Å²) in [5.41, 5.74) is 4.61. The minimum atomic E-state index is -1.49. The van der Waals surface area contributed by atoms with Crippen molar-refractivity contribution in [3.63, 3.8) is 0 Å². The molecule has 0 radical (unpaired) electrons. The van der Waals surface area contributed by atoms with Crippen LogP contribution in [0.3, 0.4) is 0 Å². The number of hydrogen-bond acceptors (Lipinski definition) is 6. The number of aliphatic hydroxyl groups excluding tert-OH is 1. The lowest BCUT2D eigenvalue weighted by atomic mass is 9.80. The second-order valence-electron chi connectivity index (χ2n) is 13.0. The maximum atomic E-state index is 11.7. The minimum Gasteiger partial charge on any atom is -0.489 e. The van der Waals surface area contributed by atoms with Gasteiger partial charge in [0.05, 0.1) is 22.8 Å². The quantitative estimate of drug-likeness (QED) is 0.108. The van der Waals surface area contributed by atoms with Crippen LogP contribution in [-0.2, 0) is 32.9 Å². The molecule has 0 fully saturated rings. The van der Waals surface area contributed by atoms with Gasteiger partial charge in [-0.2, -0.15) is 5.48 Å². The topological polar surface area (TPSA) is 105 Å². The van der Waals surface area contributed by atoms with E-state index >= 15 is 0 Å². The van der Waals surface area contributed by atoms with Gasteiger partial charge < -0.3 is 14.9 Å². The van der Waals surface area contributed by atoms with Gasteiger partial charge in [0.15, 0.2) is 0 Å². The van der Waals surface area contributed by atoms with Crippen LogP contribution in [0.25, 0.3) is 0 Å². The first-order chi connectivity index (χ1) is 19.0. The van der Waals surface area contributed by atoms with Gasteiger partial charge in [-0.15, -0.1) is 0 Å². The molecule has 2 aromatic carbocycles. The molecule has 0 amide bonds. The number of carbonyl (C=O) groups is 1. The number of aliphatic carboxylic acids is 1. The normalized spacial score (nSPS) is 14.2. The zero-order chi connectivity index (χ0) is 31.0. The number of rotatable bonds is 14. The van der Waals surface area contributed by atoms with Crippen LogP contribution < -0.4 is 10.2 Å². The summed E-state index contributed by atoms with van der Waals surface area (Å²) in [4.78, 5) is 29.1. The predicted molar refractivity (Wildman–Crippen MR) is 162 cm³/mol. The standard InChI is InChI=1S/C34H47NO6/c1-22(2)26(18-29(35-41-34(7,8)9)31(37)28(20-36)23(3)32(38)39)17-25-15-16-27(33(4,5)6)19-30(25)40-21-24-13-11-10-12-14-24/h10-16,19,22,26,29,31,35,37H,3,17-18,21H2,1-2,4-9H3,(H,38,39)/t26-,29-,31-/m0/s1. The van der Waals surface area contributed by atoms with E-state index in [0.717, 1.165) is 22.4 Å². The van der Waals surface area contributed by atoms with Crippen LogP contribution in [-0.4, -0.2) is 39.9 Å². The maximum absolute atomic E-state index is 11.7. The maximum Gasteiger partial charge on any atom is 0.336 e. The number of benzene rings is 2. The molecule has 0 saturated carbocycles. The van der Waals surface area contributed by atoms with Gasteiger partial charge in [0.2, 0.25) is 0 Å². The Morgan fingerprint density at radius 3 is 2.20 bits per heavy atom. The number of hydrogen-bond donors (Lipinski definition) is 3. The van der Waals surface area contributed by atoms with Crippen LogP contribution >= 0.6 is 0 Å². The Morgan fingerprint density at radius 1 is 1.05 bits per heavy atom. The molecule has 0 unspecified atom stereocenters. The Bertz CT molecular complexity index is 1220. The fraction of sp³-hybridized carbons (Fsp3) is 0.500. The van der Waals surface area contributed by atoms with E-state index in [1.54, 1.807) is 5.94 Å². The van der Waals surface area contributed by atoms with Crippen molar-refractivity contribution in [2.75, 3.05) is 0 Å². The lowest BCUT2D eigenvalue weighted by Crippen LogP contribution is -2.46. The van der Waals surface area contributed by atoms with Gasteiger partial charge in [0, 0.05) is 0 Å². The zero-order valence-corrected chi connectivity index (χ0v) is 25.8. The first-order valence-electron chi connectivity index (χ1n) is 14.1. The van der Waals surface area contributed by atoms with Crippen molar-refractivity contribution in [3.8, 4) is 5.75 Å². The molecule has 224 valence electrons. The van der Waals surface area contributed by atoms with E-state index in [9.17, 15) is 19.8 Å². The SMILES string of the molecule is C=C(C(=O)O)C(=C=O)[C@H](O)[C@H](C[C@H](Cc1ccc(C(C)(C)C)cc1OCc1ccccc1)C(C)C)NOC(C)(C)C. The first-order valence-corrected chi connectivity index (χ1v) is 14.1. The van der Waals surface area contributed by atoms with E-state index in [1.807, 2.05) is 51.1 Å². The fourth-order valence-electron chi connectivity index (χ4n) is 4.37. The van der Waals surface area contributed by atoms with Crippen molar-refractivity contribution in [2.45, 2.75) is 98.0 Å². The summed E-state index contributed by atoms with van der Waals surface area (Å²) in [5.74, 6) is 1.19. The Morgan fingerprint density at radius 2 is 1.68 bits per heavy atom. The van der Waals surface area contributed by atoms with E-state index in [0.29, 0.717) is 19.4 Å². The Labute approximate surface area is 245 Å². The van der Waals surface area contributed by atoms with Gasteiger partial charge in [-0.05, 0) is 73.6 Å². The lowest BCUT2D eigenvalue weighted by Gasteiger charge is -2.33. The third-order valence-electron chi connectivity index (χ3n) is 7.04. The largest absolute Gasteiger partial charge is 0.489 e. The summed E-state index contributed by atoms with van der Waals surface area (Å²) in [5, 5.41) is 20.6. The molecule has 0 bridgehead atoms. The van der Waals surface area contributed by atoms with Gasteiger partial charge in [-0.25, -0.2) is 9.59 Å². The highest BCUT2D eigenvalue weighted by atomic mass is 16.7. The molecule has 2 aromatic rings. The Balaban J connectivity index is 2.43. The number of nitrogens with one attached hydrogen (secondary N) is 1. The highest BCUT2D eigenvalue weighted by Crippen LogP contribution is 2.34. The van der Waals surface area contributed by atoms with Gasteiger partial charge in [-0.3, -0.25) is 4.84 Å². The van der Waals surface area contributed by atoms with Gasteiger partial charge in [0.1, 0.15) is 24.4 Å². The Kier molecular flexibility index (Phi) is 12.1. The van der Waals surface area contributed by atoms with Crippen molar-refractivity contribution < 1.29 is 29.4 Å². The second-order valence-corrected chi connectivity index (χ2v) is 13.0. The highest BCUT2D eigenvalue weighted by Gasteiger charge is 2.33. The summed E-state index contributed by atoms with van der Waals surface area (Å²) in [6, 6.07) is 15.5. The highest BCUT2D eigenvalue weighted by molar-refractivity contribution is 5.94. The minimum absolute atomic E-state index is 0.0104. The average molecular weight is 566 g/mol. The number of ether oxygens (including phenoxy) is 1. The molecule has 0 heterocycles. The van der Waals surface area contributed by atoms with E-state index in [1.165, 1.54) is 0 Å². The molecule has 7 heteroatoms. The average Bonchev–Trinajstić information content (AvgIpc) is 2.89. The molecule has 7 nitrogen and oxygen atoms in total. The molecule has 0 aliphatic carbocycles. The predicted octanol–water partition coefficient (Wildman–Crippen LogP) is 6.22. The van der Waals surface area contributed by atoms with Crippen LogP contribution in [0.1, 0.15) is 78.5 Å². The zero-order valence-electron chi connectivity index (χ0n) is 25.8. The molecule has 0 aliphatic heterocycles. The molecule has 0 spiro atoms. The third-order valence-corrected chi connectivity index (χ3v) is 7.04. The van der Waals surface area contributed by atoms with Crippen LogP contribution in [0.2, 0.25) is 0 Å². The summed E-state index contributed by atoms with van der Waals surface area (Å²) in [6.07, 6.45) is -0.476. The molecule has 2 rings (SSSR count). The molecule has 3 atom stereocenters. The van der Waals surface area contributed by atoms with Gasteiger partial charge in [-0.1, -0.05) is 83.7 Å². The van der Waals surface area contributed by atoms with Crippen LogP contribution in [0, 0.1) is 11.8 Å². The molecule has 41 heavy (non-hydrogen) atoms. The lowest BCUT2D eigenvalue weighted by molar-refractivity contribution is -0.132. The number of carboxylic acid groups (broad SMARTS) is 1. The third kappa shape index (κ3) is 10.6. The molecular weight excluding hydrogens is 518 g/mol. The molecule has 0 saturated heterocycles. The van der Waals surface area contributed by atoms with E-state index in [-0.39, 0.29) is 17.3 Å². The van der Waals surface area contributed by atoms with E-state index in [2.05, 4.69) is 64.9 Å². The van der Waals surface area contributed by atoms with Crippen molar-refractivity contribution in [3.05, 3.63) is 82.9 Å². The summed E-state index contributed by atoms with van der Waals surface area (Å²) < 4.78 is 6.38. The number of aliphatic hydroxyl groups is 1. The van der Waals surface area contributed by atoms with Crippen LogP contribution in [0.15, 0.2) is 66.3 Å². The van der Waals surface area contributed by atoms with E-state index < -0.39 is 34.9 Å². The molecule has 3 N–H and O–H groups in total. The van der Waals surface area contributed by atoms with Crippen molar-refractivity contribution >= 4 is 11.9 Å². The van der Waals surface area contributed by atoms with Gasteiger partial charge >= 0.3 is 5.97 Å². The van der Waals surface area contributed by atoms with Crippen molar-refractivity contribution in [2.24, 2.45) is 11.8 Å². The first kappa shape index (κ1) is 34.0. The number of carbonyl (C=O) groups excluding carboxylic acids is 1. The summed E-state index contributed by atoms with van der Waals surface area (Å²) in [6.45, 7) is 20.1. The molecular formula is C34H47NO6. The second kappa shape index (κ2) is 14.6. The fourth-order valence-corrected chi connectivity index (χ4v) is 4.37. The monoisotopic (exact) mass is 565 g/mol. The smallest absolute Gasteiger partial charge is 0.336 e. The van der Waals surface area contributed by atoms with Crippen LogP contribution in [0.5, 0.6) is 5.75 Å².